The number of hydrogen-bond acceptors (Lipinski definition) is 3. The molecule has 0 spiro atoms. The maximum absolute atomic E-state index is 10.7. The molecule has 0 unspecified atom stereocenters. The van der Waals surface area contributed by atoms with Crippen molar-refractivity contribution in [2.24, 2.45) is 0 Å². The van der Waals surface area contributed by atoms with E-state index >= 15 is 0 Å². The lowest BCUT2D eigenvalue weighted by atomic mass is 10.1. The van der Waals surface area contributed by atoms with Crippen LogP contribution >= 0.6 is 0 Å². The molecule has 0 aliphatic rings. The van der Waals surface area contributed by atoms with Crippen molar-refractivity contribution in [3.05, 3.63) is 11.6 Å². The van der Waals surface area contributed by atoms with E-state index in [1.807, 2.05) is 20.8 Å². The molecule has 0 amide bonds. The van der Waals surface area contributed by atoms with Crippen LogP contribution < -0.4 is 0 Å². The van der Waals surface area contributed by atoms with E-state index < -0.39 is 11.8 Å². The number of hydrogen-bond donors (Lipinski definition) is 1. The molecule has 0 atom stereocenters. The molecule has 0 heterocycles. The number of carboxylic acids is 1. The van der Waals surface area contributed by atoms with Crippen LogP contribution in [0.15, 0.2) is 11.6 Å². The molecule has 0 fully saturated rings. The first-order valence-electron chi connectivity index (χ1n) is 5.22. The van der Waals surface area contributed by atoms with Gasteiger partial charge in [-0.15, -0.1) is 0 Å². The molecule has 0 saturated heterocycles. The van der Waals surface area contributed by atoms with Crippen LogP contribution in [0.5, 0.6) is 0 Å². The van der Waals surface area contributed by atoms with Crippen LogP contribution in [-0.2, 0) is 14.3 Å². The van der Waals surface area contributed by atoms with E-state index in [1.165, 1.54) is 13.0 Å². The summed E-state index contributed by atoms with van der Waals surface area (Å²) in [5.74, 6) is -1.85. The third-order valence-electron chi connectivity index (χ3n) is 2.04. The minimum Gasteiger partial charge on any atom is -0.478 e. The lowest BCUT2D eigenvalue weighted by molar-refractivity contribution is -0.201. The first kappa shape index (κ1) is 14.1. The van der Waals surface area contributed by atoms with Crippen molar-refractivity contribution in [1.29, 1.82) is 0 Å². The van der Waals surface area contributed by atoms with Crippen LogP contribution in [0.4, 0.5) is 0 Å². The monoisotopic (exact) mass is 216 g/mol. The smallest absolute Gasteiger partial charge is 0.331 e. The topological polar surface area (TPSA) is 55.8 Å². The summed E-state index contributed by atoms with van der Waals surface area (Å²) in [6.07, 6.45) is 2.11. The van der Waals surface area contributed by atoms with Gasteiger partial charge in [0.25, 0.3) is 0 Å². The van der Waals surface area contributed by atoms with E-state index in [0.29, 0.717) is 19.6 Å². The number of carboxylic acid groups (broad SMARTS) is 1. The van der Waals surface area contributed by atoms with Crippen LogP contribution in [-0.4, -0.2) is 30.1 Å². The van der Waals surface area contributed by atoms with Crippen LogP contribution in [0.25, 0.3) is 0 Å². The quantitative estimate of drug-likeness (QED) is 0.523. The van der Waals surface area contributed by atoms with Crippen molar-refractivity contribution in [1.82, 2.24) is 0 Å². The Hall–Kier alpha value is -0.870. The Morgan fingerprint density at radius 1 is 1.27 bits per heavy atom. The summed E-state index contributed by atoms with van der Waals surface area (Å²) in [7, 11) is 0. The van der Waals surface area contributed by atoms with E-state index in [4.69, 9.17) is 14.6 Å². The lowest BCUT2D eigenvalue weighted by Crippen LogP contribution is -2.34. The predicted octanol–water partition coefficient (Wildman–Crippen LogP) is 2.20. The number of carbonyl (C=O) groups is 1. The first-order valence-corrected chi connectivity index (χ1v) is 5.22. The van der Waals surface area contributed by atoms with E-state index in [1.54, 1.807) is 0 Å². The molecule has 15 heavy (non-hydrogen) atoms. The summed E-state index contributed by atoms with van der Waals surface area (Å²) in [6.45, 7) is 8.11. The highest BCUT2D eigenvalue weighted by molar-refractivity contribution is 5.85. The molecule has 0 aromatic rings. The molecule has 0 saturated carbocycles. The first-order chi connectivity index (χ1) is 7.01. The summed E-state index contributed by atoms with van der Waals surface area (Å²) in [6, 6.07) is 0. The lowest BCUT2D eigenvalue weighted by Gasteiger charge is -2.29. The maximum atomic E-state index is 10.7. The standard InChI is InChI=1S/C11H20O4/c1-5-11(14-6-2,15-7-3)8-9(4)10(12)13/h8H,5-7H2,1-4H3,(H,12,13). The Labute approximate surface area is 90.9 Å². The highest BCUT2D eigenvalue weighted by Gasteiger charge is 2.27. The highest BCUT2D eigenvalue weighted by Crippen LogP contribution is 2.21. The highest BCUT2D eigenvalue weighted by atomic mass is 16.7. The number of aliphatic carboxylic acids is 1. The Balaban J connectivity index is 4.89. The molecule has 4 nitrogen and oxygen atoms in total. The SMILES string of the molecule is CCOC(C=C(C)C(=O)O)(CC)OCC. The molecule has 1 N–H and O–H groups in total. The van der Waals surface area contributed by atoms with Gasteiger partial charge in [0.15, 0.2) is 5.79 Å². The van der Waals surface area contributed by atoms with Gasteiger partial charge >= 0.3 is 5.97 Å². The van der Waals surface area contributed by atoms with Gasteiger partial charge in [-0.1, -0.05) is 6.92 Å². The number of rotatable bonds is 7. The summed E-state index contributed by atoms with van der Waals surface area (Å²) in [5, 5.41) is 8.80. The Morgan fingerprint density at radius 3 is 2.00 bits per heavy atom. The summed E-state index contributed by atoms with van der Waals surface area (Å²) in [5.41, 5.74) is 0.235. The Kier molecular flexibility index (Phi) is 6.20. The van der Waals surface area contributed by atoms with Crippen LogP contribution in [0.1, 0.15) is 34.1 Å². The minimum absolute atomic E-state index is 0.235. The Bertz CT molecular complexity index is 227. The van der Waals surface area contributed by atoms with E-state index in [0.717, 1.165) is 0 Å². The molecular weight excluding hydrogens is 196 g/mol. The summed E-state index contributed by atoms with van der Waals surface area (Å²) < 4.78 is 11.0. The van der Waals surface area contributed by atoms with Crippen molar-refractivity contribution in [3.63, 3.8) is 0 Å². The molecule has 0 aliphatic carbocycles. The molecule has 0 aliphatic heterocycles. The zero-order valence-electron chi connectivity index (χ0n) is 9.87. The largest absolute Gasteiger partial charge is 0.478 e. The maximum Gasteiger partial charge on any atom is 0.331 e. The van der Waals surface area contributed by atoms with Crippen molar-refractivity contribution in [3.8, 4) is 0 Å². The van der Waals surface area contributed by atoms with Gasteiger partial charge < -0.3 is 14.6 Å². The van der Waals surface area contributed by atoms with Gasteiger partial charge in [0.2, 0.25) is 0 Å². The van der Waals surface area contributed by atoms with Crippen LogP contribution in [0, 0.1) is 0 Å². The van der Waals surface area contributed by atoms with Crippen molar-refractivity contribution in [2.45, 2.75) is 39.9 Å². The van der Waals surface area contributed by atoms with E-state index in [-0.39, 0.29) is 5.57 Å². The third kappa shape index (κ3) is 4.44. The zero-order valence-corrected chi connectivity index (χ0v) is 9.87. The van der Waals surface area contributed by atoms with Crippen LogP contribution in [0.3, 0.4) is 0 Å². The summed E-state index contributed by atoms with van der Waals surface area (Å²) in [4.78, 5) is 10.7. The molecule has 0 bridgehead atoms. The normalized spacial score (nSPS) is 12.9. The molecule has 88 valence electrons. The fourth-order valence-electron chi connectivity index (χ4n) is 1.31. The fraction of sp³-hybridized carbons (Fsp3) is 0.727. The van der Waals surface area contributed by atoms with E-state index in [9.17, 15) is 4.79 Å². The second-order valence-corrected chi connectivity index (χ2v) is 3.16. The van der Waals surface area contributed by atoms with Gasteiger partial charge in [-0.25, -0.2) is 4.79 Å². The van der Waals surface area contributed by atoms with Gasteiger partial charge in [0.1, 0.15) is 0 Å². The van der Waals surface area contributed by atoms with Gasteiger partial charge in [0, 0.05) is 25.2 Å². The average molecular weight is 216 g/mol. The third-order valence-corrected chi connectivity index (χ3v) is 2.04. The second kappa shape index (κ2) is 6.58. The fourth-order valence-corrected chi connectivity index (χ4v) is 1.31. The minimum atomic E-state index is -0.952. The second-order valence-electron chi connectivity index (χ2n) is 3.16. The summed E-state index contributed by atoms with van der Waals surface area (Å²) >= 11 is 0. The van der Waals surface area contributed by atoms with Gasteiger partial charge in [-0.05, 0) is 26.8 Å². The Morgan fingerprint density at radius 2 is 1.73 bits per heavy atom. The van der Waals surface area contributed by atoms with E-state index in [2.05, 4.69) is 0 Å². The molecule has 0 aromatic carbocycles. The van der Waals surface area contributed by atoms with Crippen molar-refractivity contribution in [2.75, 3.05) is 13.2 Å². The predicted molar refractivity (Wildman–Crippen MR) is 57.7 cm³/mol. The van der Waals surface area contributed by atoms with Crippen LogP contribution in [0.2, 0.25) is 0 Å². The molecular formula is C11H20O4. The molecule has 0 rings (SSSR count). The molecule has 0 radical (unpaired) electrons. The molecule has 4 heteroatoms. The van der Waals surface area contributed by atoms with Crippen molar-refractivity contribution < 1.29 is 19.4 Å². The zero-order chi connectivity index (χ0) is 11.9. The van der Waals surface area contributed by atoms with Gasteiger partial charge in [-0.3, -0.25) is 0 Å². The van der Waals surface area contributed by atoms with Crippen molar-refractivity contribution >= 4 is 5.97 Å². The number of ether oxygens (including phenoxy) is 2. The molecule has 0 aromatic heterocycles. The average Bonchev–Trinajstić information content (AvgIpc) is 2.18. The van der Waals surface area contributed by atoms with Gasteiger partial charge in [-0.2, -0.15) is 0 Å². The van der Waals surface area contributed by atoms with Gasteiger partial charge in [0.05, 0.1) is 0 Å².